The number of nitrogens with zero attached hydrogens (tertiary/aromatic N) is 4. The summed E-state index contributed by atoms with van der Waals surface area (Å²) in [4.78, 5) is 15.5. The Morgan fingerprint density at radius 3 is 0.871 bits per heavy atom. The third-order valence-electron chi connectivity index (χ3n) is 3.95. The largest absolute Gasteiger partial charge is 6.00 e. The fraction of sp³-hybridized carbons (Fsp3) is 0.917. The summed E-state index contributed by atoms with van der Waals surface area (Å²) in [6.07, 6.45) is 2.35. The predicted octanol–water partition coefficient (Wildman–Crippen LogP) is 7.58. The molecule has 0 aliphatic heterocycles. The molecule has 0 saturated carbocycles. The van der Waals surface area contributed by atoms with Gasteiger partial charge in [-0.3, -0.25) is 13.6 Å². The zero-order chi connectivity index (χ0) is 25.4. The number of hydrogen-bond acceptors (Lipinski definition) is 2. The van der Waals surface area contributed by atoms with Crippen molar-refractivity contribution in [2.45, 2.75) is 144 Å². The molecule has 7 heteroatoms. The number of carbonyl (C=O) groups excluding carboxylic acids is 2. The summed E-state index contributed by atoms with van der Waals surface area (Å²) in [5.41, 5.74) is 0.168. The molecule has 0 saturated heterocycles. The van der Waals surface area contributed by atoms with Crippen LogP contribution in [-0.2, 0) is 29.1 Å². The Morgan fingerprint density at radius 1 is 0.548 bits per heavy atom. The van der Waals surface area contributed by atoms with E-state index in [4.69, 9.17) is 9.59 Å². The van der Waals surface area contributed by atoms with Gasteiger partial charge in [0, 0.05) is 0 Å². The van der Waals surface area contributed by atoms with Crippen molar-refractivity contribution < 1.29 is 29.1 Å². The fourth-order valence-corrected chi connectivity index (χ4v) is 2.37. The van der Waals surface area contributed by atoms with E-state index >= 15 is 0 Å². The van der Waals surface area contributed by atoms with Crippen molar-refractivity contribution in [1.82, 2.24) is 0 Å². The summed E-state index contributed by atoms with van der Waals surface area (Å²) < 4.78 is 0. The van der Waals surface area contributed by atoms with Crippen molar-refractivity contribution in [3.63, 3.8) is 0 Å². The molecule has 0 aromatic rings. The first-order valence-corrected chi connectivity index (χ1v) is 10.7. The van der Waals surface area contributed by atoms with Crippen LogP contribution >= 0.6 is 0 Å². The van der Waals surface area contributed by atoms with E-state index in [2.05, 4.69) is 132 Å². The Balaban J connectivity index is -0.000000122. The summed E-state index contributed by atoms with van der Waals surface area (Å²) in [6, 6.07) is 0. The van der Waals surface area contributed by atoms with Crippen LogP contribution in [0.2, 0.25) is 0 Å². The van der Waals surface area contributed by atoms with Gasteiger partial charge in [0.25, 0.3) is 0 Å². The van der Waals surface area contributed by atoms with Crippen LogP contribution in [0.4, 0.5) is 0 Å². The van der Waals surface area contributed by atoms with Crippen molar-refractivity contribution >= 4 is 13.6 Å². The molecule has 0 fully saturated rings. The molecular weight excluding hydrogens is 477 g/mol. The van der Waals surface area contributed by atoms with E-state index in [-0.39, 0.29) is 54.0 Å². The Morgan fingerprint density at radius 2 is 0.742 bits per heavy atom. The van der Waals surface area contributed by atoms with Crippen LogP contribution in [0.25, 0.3) is 21.3 Å². The molecule has 31 heavy (non-hydrogen) atoms. The third kappa shape index (κ3) is 34.6. The molecule has 0 bridgehead atoms. The number of hydrogen-bond donors (Lipinski definition) is 0. The Kier molecular flexibility index (Phi) is 25.6. The van der Waals surface area contributed by atoms with Crippen molar-refractivity contribution in [2.24, 2.45) is 0 Å². The predicted molar refractivity (Wildman–Crippen MR) is 134 cm³/mol. The van der Waals surface area contributed by atoms with Gasteiger partial charge in [-0.2, -0.15) is 0 Å². The molecule has 0 amide bonds. The van der Waals surface area contributed by atoms with Gasteiger partial charge in [-0.15, -0.1) is 36.0 Å². The average molecular weight is 528 g/mol. The van der Waals surface area contributed by atoms with Gasteiger partial charge < -0.3 is 30.9 Å². The molecular formula is C24H50N4O2Ru. The molecule has 0 aliphatic carbocycles. The van der Waals surface area contributed by atoms with E-state index in [0.717, 1.165) is 12.8 Å². The van der Waals surface area contributed by atoms with E-state index in [0.29, 0.717) is 0 Å². The smallest absolute Gasteiger partial charge is 0.673 e. The Hall–Kier alpha value is -0.197. The topological polar surface area (TPSA) is 90.5 Å². The molecule has 0 heterocycles. The van der Waals surface area contributed by atoms with Gasteiger partial charge >= 0.3 is 19.5 Å². The minimum Gasteiger partial charge on any atom is -0.673 e. The average Bonchev–Trinajstić information content (AvgIpc) is 2.54. The summed E-state index contributed by atoms with van der Waals surface area (Å²) in [5, 5.41) is 18.4. The molecule has 0 radical (unpaired) electrons. The maximum absolute atomic E-state index is 7.75. The van der Waals surface area contributed by atoms with E-state index in [9.17, 15) is 0 Å². The van der Waals surface area contributed by atoms with Gasteiger partial charge in [-0.1, -0.05) is 95.9 Å². The second-order valence-electron chi connectivity index (χ2n) is 10.5. The molecule has 0 aromatic carbocycles. The van der Waals surface area contributed by atoms with Gasteiger partial charge in [-0.25, -0.2) is 12.3 Å². The molecule has 2 unspecified atom stereocenters. The zero-order valence-corrected chi connectivity index (χ0v) is 24.4. The molecule has 0 spiro atoms. The van der Waals surface area contributed by atoms with Gasteiger partial charge in [0.1, 0.15) is 0 Å². The minimum absolute atomic E-state index is 0. The maximum atomic E-state index is 7.75. The summed E-state index contributed by atoms with van der Waals surface area (Å²) in [6.45, 7) is 36.2. The normalized spacial score (nSPS) is 13.6. The monoisotopic (exact) mass is 528 g/mol. The van der Waals surface area contributed by atoms with Gasteiger partial charge in [0.15, 0.2) is 0 Å². The van der Waals surface area contributed by atoms with Crippen LogP contribution in [0.3, 0.4) is 0 Å². The molecule has 0 aliphatic rings. The third-order valence-corrected chi connectivity index (χ3v) is 3.95. The fourth-order valence-electron chi connectivity index (χ4n) is 2.37. The molecule has 0 N–H and O–H groups in total. The van der Waals surface area contributed by atoms with Crippen molar-refractivity contribution in [3.05, 3.63) is 21.3 Å². The van der Waals surface area contributed by atoms with Crippen molar-refractivity contribution in [1.29, 1.82) is 0 Å². The number of rotatable bonds is 8. The van der Waals surface area contributed by atoms with Gasteiger partial charge in [-0.05, 0) is 0 Å². The van der Waals surface area contributed by atoms with Crippen LogP contribution < -0.4 is 0 Å². The molecule has 0 aromatic heterocycles. The second kappa shape index (κ2) is 19.3. The Labute approximate surface area is 208 Å². The quantitative estimate of drug-likeness (QED) is 0.185. The van der Waals surface area contributed by atoms with Crippen LogP contribution in [0.15, 0.2) is 0 Å². The van der Waals surface area contributed by atoms with Crippen LogP contribution in [-0.4, -0.2) is 48.1 Å². The van der Waals surface area contributed by atoms with Gasteiger partial charge in [0.05, 0.1) is 0 Å². The summed E-state index contributed by atoms with van der Waals surface area (Å²) in [7, 11) is 0. The first-order chi connectivity index (χ1) is 13.3. The maximum Gasteiger partial charge on any atom is 6.00 e. The van der Waals surface area contributed by atoms with Crippen molar-refractivity contribution in [3.8, 4) is 0 Å². The molecule has 6 nitrogen and oxygen atoms in total. The standard InChI is InChI=1S/2C11H24N2.2CHO.Ru/c2*1-8-11(6,7)13-9(2)12-10(3,4)5;2*1-2;/h2*9H,8H2,1-7H3;2*1H;/q2*-2;2*-1;+6. The first-order valence-electron chi connectivity index (χ1n) is 10.7. The van der Waals surface area contributed by atoms with E-state index in [1.54, 1.807) is 0 Å². The van der Waals surface area contributed by atoms with Crippen LogP contribution in [0, 0.1) is 0 Å². The van der Waals surface area contributed by atoms with E-state index in [1.807, 2.05) is 0 Å². The molecule has 2 atom stereocenters. The zero-order valence-electron chi connectivity index (χ0n) is 22.7. The summed E-state index contributed by atoms with van der Waals surface area (Å²) >= 11 is 0. The minimum atomic E-state index is 0. The Bertz CT molecular complexity index is 367. The van der Waals surface area contributed by atoms with Crippen LogP contribution in [0.5, 0.6) is 0 Å². The molecule has 0 rings (SSSR count). The van der Waals surface area contributed by atoms with Crippen LogP contribution in [0.1, 0.15) is 110 Å². The molecule has 186 valence electrons. The van der Waals surface area contributed by atoms with Gasteiger partial charge in [0.2, 0.25) is 0 Å². The van der Waals surface area contributed by atoms with E-state index < -0.39 is 0 Å². The van der Waals surface area contributed by atoms with Crippen molar-refractivity contribution in [2.75, 3.05) is 0 Å². The summed E-state index contributed by atoms with van der Waals surface area (Å²) in [5.74, 6) is 0. The first kappa shape index (κ1) is 41.1. The second-order valence-corrected chi connectivity index (χ2v) is 10.5. The SMILES string of the molecule is CCC(C)(C)[N-]C(C)[N-]C(C)(C)C.CCC(C)(C)[N-]C(C)[N-]C(C)(C)C.[CH-]=O.[CH-]=O.[Ru+6]. The van der Waals surface area contributed by atoms with E-state index in [1.165, 1.54) is 0 Å².